The van der Waals surface area contributed by atoms with Crippen LogP contribution in [0.15, 0.2) is 0 Å². The fourth-order valence-electron chi connectivity index (χ4n) is 5.25. The first kappa shape index (κ1) is 32.0. The molecule has 0 radical (unpaired) electrons. The van der Waals surface area contributed by atoms with E-state index in [4.69, 9.17) is 0 Å². The molecule has 0 saturated carbocycles. The predicted molar refractivity (Wildman–Crippen MR) is 150 cm³/mol. The molecule has 0 rings (SSSR count). The van der Waals surface area contributed by atoms with E-state index in [9.17, 15) is 0 Å². The van der Waals surface area contributed by atoms with Gasteiger partial charge in [-0.3, -0.25) is 0 Å². The average molecular weight is 451 g/mol. The summed E-state index contributed by atoms with van der Waals surface area (Å²) in [6.45, 7) is 9.51. The standard InChI is InChI=1S/C32H66/c1-5-7-8-9-10-11-12-13-14-15-16-17-18-19-20-21-22-23-24-25-26-27-28-29-32(4)30-31(3)6-2/h31-32H,5-30H2,1-4H3. The number of unbranched alkanes of at least 4 members (excludes halogenated alkanes) is 22. The summed E-state index contributed by atoms with van der Waals surface area (Å²) in [5, 5.41) is 0. The zero-order valence-corrected chi connectivity index (χ0v) is 23.5. The van der Waals surface area contributed by atoms with E-state index < -0.39 is 0 Å². The van der Waals surface area contributed by atoms with Crippen molar-refractivity contribution >= 4 is 0 Å². The molecule has 0 aromatic heterocycles. The fourth-order valence-corrected chi connectivity index (χ4v) is 5.25. The summed E-state index contributed by atoms with van der Waals surface area (Å²) in [5.74, 6) is 1.87. The van der Waals surface area contributed by atoms with Gasteiger partial charge in [0.25, 0.3) is 0 Å². The van der Waals surface area contributed by atoms with Gasteiger partial charge in [-0.2, -0.15) is 0 Å². The molecule has 0 heterocycles. The first-order chi connectivity index (χ1) is 15.7. The van der Waals surface area contributed by atoms with Gasteiger partial charge in [0.15, 0.2) is 0 Å². The Labute approximate surface area is 206 Å². The van der Waals surface area contributed by atoms with E-state index in [1.54, 1.807) is 0 Å². The first-order valence-electron chi connectivity index (χ1n) is 15.7. The molecule has 0 fully saturated rings. The Morgan fingerprint density at radius 1 is 0.344 bits per heavy atom. The van der Waals surface area contributed by atoms with Crippen LogP contribution >= 0.6 is 0 Å². The summed E-state index contributed by atoms with van der Waals surface area (Å²) in [4.78, 5) is 0. The molecular formula is C32H66. The monoisotopic (exact) mass is 451 g/mol. The van der Waals surface area contributed by atoms with Crippen molar-refractivity contribution in [2.24, 2.45) is 11.8 Å². The van der Waals surface area contributed by atoms with Gasteiger partial charge in [0.2, 0.25) is 0 Å². The molecule has 0 heteroatoms. The van der Waals surface area contributed by atoms with Crippen molar-refractivity contribution in [1.82, 2.24) is 0 Å². The quantitative estimate of drug-likeness (QED) is 0.109. The van der Waals surface area contributed by atoms with Crippen LogP contribution in [0.5, 0.6) is 0 Å². The van der Waals surface area contributed by atoms with E-state index in [-0.39, 0.29) is 0 Å². The largest absolute Gasteiger partial charge is 0.0654 e. The highest BCUT2D eigenvalue weighted by Gasteiger charge is 2.06. The van der Waals surface area contributed by atoms with Crippen LogP contribution in [-0.4, -0.2) is 0 Å². The molecular weight excluding hydrogens is 384 g/mol. The third kappa shape index (κ3) is 26.3. The molecule has 194 valence electrons. The van der Waals surface area contributed by atoms with Gasteiger partial charge in [-0.15, -0.1) is 0 Å². The Morgan fingerprint density at radius 3 is 0.906 bits per heavy atom. The highest BCUT2D eigenvalue weighted by molar-refractivity contribution is 4.59. The lowest BCUT2D eigenvalue weighted by Gasteiger charge is -2.15. The first-order valence-corrected chi connectivity index (χ1v) is 15.7. The third-order valence-corrected chi connectivity index (χ3v) is 7.80. The van der Waals surface area contributed by atoms with Gasteiger partial charge in [0.1, 0.15) is 0 Å². The zero-order valence-electron chi connectivity index (χ0n) is 23.5. The van der Waals surface area contributed by atoms with Crippen molar-refractivity contribution in [1.29, 1.82) is 0 Å². The van der Waals surface area contributed by atoms with Crippen LogP contribution in [0.3, 0.4) is 0 Å². The molecule has 0 spiro atoms. The fraction of sp³-hybridized carbons (Fsp3) is 1.00. The second kappa shape index (κ2) is 27.2. The van der Waals surface area contributed by atoms with Crippen LogP contribution in [0.1, 0.15) is 195 Å². The number of hydrogen-bond donors (Lipinski definition) is 0. The van der Waals surface area contributed by atoms with Gasteiger partial charge < -0.3 is 0 Å². The summed E-state index contributed by atoms with van der Waals surface area (Å²) in [6, 6.07) is 0. The number of hydrogen-bond acceptors (Lipinski definition) is 0. The molecule has 0 nitrogen and oxygen atoms in total. The molecule has 2 unspecified atom stereocenters. The molecule has 32 heavy (non-hydrogen) atoms. The van der Waals surface area contributed by atoms with Crippen molar-refractivity contribution in [2.75, 3.05) is 0 Å². The summed E-state index contributed by atoms with van der Waals surface area (Å²) in [5.41, 5.74) is 0. The molecule has 0 aliphatic carbocycles. The van der Waals surface area contributed by atoms with Crippen LogP contribution in [0.2, 0.25) is 0 Å². The second-order valence-electron chi connectivity index (χ2n) is 11.4. The van der Waals surface area contributed by atoms with E-state index in [2.05, 4.69) is 27.7 Å². The lowest BCUT2D eigenvalue weighted by molar-refractivity contribution is 0.374. The van der Waals surface area contributed by atoms with Gasteiger partial charge in [-0.05, 0) is 18.3 Å². The van der Waals surface area contributed by atoms with Gasteiger partial charge in [-0.25, -0.2) is 0 Å². The van der Waals surface area contributed by atoms with Crippen molar-refractivity contribution < 1.29 is 0 Å². The van der Waals surface area contributed by atoms with E-state index in [0.717, 1.165) is 11.8 Å². The molecule has 0 aliphatic heterocycles. The zero-order chi connectivity index (χ0) is 23.5. The smallest absolute Gasteiger partial charge is 0.0440 e. The van der Waals surface area contributed by atoms with E-state index >= 15 is 0 Å². The van der Waals surface area contributed by atoms with E-state index in [0.29, 0.717) is 0 Å². The van der Waals surface area contributed by atoms with E-state index in [1.807, 2.05) is 0 Å². The van der Waals surface area contributed by atoms with Gasteiger partial charge in [0, 0.05) is 0 Å². The summed E-state index contributed by atoms with van der Waals surface area (Å²) in [6.07, 6.45) is 38.3. The minimum Gasteiger partial charge on any atom is -0.0654 e. The highest BCUT2D eigenvalue weighted by Crippen LogP contribution is 2.21. The summed E-state index contributed by atoms with van der Waals surface area (Å²) < 4.78 is 0. The average Bonchev–Trinajstić information content (AvgIpc) is 2.79. The van der Waals surface area contributed by atoms with Crippen molar-refractivity contribution in [2.45, 2.75) is 195 Å². The lowest BCUT2D eigenvalue weighted by atomic mass is 9.91. The van der Waals surface area contributed by atoms with Crippen LogP contribution in [0.25, 0.3) is 0 Å². The molecule has 0 aliphatic rings. The minimum atomic E-state index is 0.925. The van der Waals surface area contributed by atoms with Crippen molar-refractivity contribution in [3.8, 4) is 0 Å². The van der Waals surface area contributed by atoms with Crippen LogP contribution < -0.4 is 0 Å². The summed E-state index contributed by atoms with van der Waals surface area (Å²) in [7, 11) is 0. The lowest BCUT2D eigenvalue weighted by Crippen LogP contribution is -2.02. The second-order valence-corrected chi connectivity index (χ2v) is 11.4. The Hall–Kier alpha value is 0. The Kier molecular flexibility index (Phi) is 27.2. The van der Waals surface area contributed by atoms with Gasteiger partial charge in [0.05, 0.1) is 0 Å². The summed E-state index contributed by atoms with van der Waals surface area (Å²) >= 11 is 0. The number of rotatable bonds is 27. The molecule has 0 bridgehead atoms. The molecule has 0 aromatic rings. The minimum absolute atomic E-state index is 0.925. The van der Waals surface area contributed by atoms with Crippen LogP contribution in [0, 0.1) is 11.8 Å². The molecule has 0 N–H and O–H groups in total. The van der Waals surface area contributed by atoms with E-state index in [1.165, 1.54) is 167 Å². The molecule has 0 saturated heterocycles. The normalized spacial score (nSPS) is 13.5. The van der Waals surface area contributed by atoms with Gasteiger partial charge in [-0.1, -0.05) is 188 Å². The third-order valence-electron chi connectivity index (χ3n) is 7.80. The molecule has 0 amide bonds. The van der Waals surface area contributed by atoms with Crippen LogP contribution in [-0.2, 0) is 0 Å². The Balaban J connectivity index is 3.08. The molecule has 2 atom stereocenters. The maximum atomic E-state index is 2.46. The highest BCUT2D eigenvalue weighted by atomic mass is 14.1. The topological polar surface area (TPSA) is 0 Å². The Morgan fingerprint density at radius 2 is 0.625 bits per heavy atom. The maximum absolute atomic E-state index is 2.46. The SMILES string of the molecule is CCCCCCCCCCCCCCCCCCCCCCCCCC(C)CC(C)CC. The van der Waals surface area contributed by atoms with Gasteiger partial charge >= 0.3 is 0 Å². The van der Waals surface area contributed by atoms with Crippen molar-refractivity contribution in [3.63, 3.8) is 0 Å². The Bertz CT molecular complexity index is 320. The molecule has 0 aromatic carbocycles. The maximum Gasteiger partial charge on any atom is -0.0440 e. The predicted octanol–water partition coefficient (Wildman–Crippen LogP) is 12.4. The van der Waals surface area contributed by atoms with Crippen LogP contribution in [0.4, 0.5) is 0 Å². The van der Waals surface area contributed by atoms with Crippen molar-refractivity contribution in [3.05, 3.63) is 0 Å².